The number of carbonyl (C=O) groups is 2. The van der Waals surface area contributed by atoms with Gasteiger partial charge in [-0.3, -0.25) is 14.9 Å². The summed E-state index contributed by atoms with van der Waals surface area (Å²) >= 11 is 0. The van der Waals surface area contributed by atoms with Crippen LogP contribution in [-0.2, 0) is 4.79 Å². The molecule has 0 atom stereocenters. The highest BCUT2D eigenvalue weighted by Gasteiger charge is 2.40. The van der Waals surface area contributed by atoms with Crippen molar-refractivity contribution in [1.82, 2.24) is 15.1 Å². The molecule has 1 aromatic rings. The van der Waals surface area contributed by atoms with Crippen LogP contribution in [-0.4, -0.2) is 58.9 Å². The van der Waals surface area contributed by atoms with Crippen LogP contribution in [0.2, 0.25) is 0 Å². The highest BCUT2D eigenvalue weighted by atomic mass is 16.6. The molecule has 9 nitrogen and oxygen atoms in total. The first-order valence-corrected chi connectivity index (χ1v) is 9.66. The summed E-state index contributed by atoms with van der Waals surface area (Å²) in [6.45, 7) is 6.84. The third-order valence-corrected chi connectivity index (χ3v) is 5.39. The van der Waals surface area contributed by atoms with E-state index >= 15 is 0 Å². The number of ether oxygens (including phenoxy) is 1. The van der Waals surface area contributed by atoms with Crippen LogP contribution in [0.4, 0.5) is 10.5 Å². The van der Waals surface area contributed by atoms with Crippen molar-refractivity contribution in [2.45, 2.75) is 39.2 Å². The first kappa shape index (κ1) is 20.6. The summed E-state index contributed by atoms with van der Waals surface area (Å²) in [4.78, 5) is 38.9. The summed E-state index contributed by atoms with van der Waals surface area (Å²) in [5.74, 6) is 0.445. The fourth-order valence-electron chi connectivity index (χ4n) is 3.62. The molecule has 3 rings (SSSR count). The van der Waals surface area contributed by atoms with Gasteiger partial charge >= 0.3 is 6.03 Å². The van der Waals surface area contributed by atoms with E-state index in [0.717, 1.165) is 0 Å². The summed E-state index contributed by atoms with van der Waals surface area (Å²) in [7, 11) is 1.69. The van der Waals surface area contributed by atoms with Gasteiger partial charge in [-0.05, 0) is 33.3 Å². The van der Waals surface area contributed by atoms with Gasteiger partial charge in [0.05, 0.1) is 10.6 Å². The number of urea groups is 1. The maximum Gasteiger partial charge on any atom is 0.317 e. The van der Waals surface area contributed by atoms with Gasteiger partial charge < -0.3 is 19.9 Å². The predicted octanol–water partition coefficient (Wildman–Crippen LogP) is 2.76. The number of hydrogen-bond acceptors (Lipinski definition) is 5. The van der Waals surface area contributed by atoms with Gasteiger partial charge in [-0.2, -0.15) is 0 Å². The number of nitrogens with one attached hydrogen (secondary N) is 1. The molecule has 1 N–H and O–H groups in total. The topological polar surface area (TPSA) is 105 Å². The molecule has 0 aliphatic carbocycles. The van der Waals surface area contributed by atoms with E-state index in [0.29, 0.717) is 48.5 Å². The zero-order valence-corrected chi connectivity index (χ0v) is 17.2. The van der Waals surface area contributed by atoms with E-state index in [1.165, 1.54) is 17.0 Å². The molecular formula is C20H26N4O5. The van der Waals surface area contributed by atoms with E-state index in [2.05, 4.69) is 5.32 Å². The number of likely N-dealkylation sites (tertiary alicyclic amines) is 1. The van der Waals surface area contributed by atoms with E-state index in [1.54, 1.807) is 18.0 Å². The zero-order valence-electron chi connectivity index (χ0n) is 17.2. The molecule has 9 heteroatoms. The SMILES string of the molecule is CCN(C)C(=O)NCC1=C(N2CCCC2=O)c2cc([N+](=O)[O-])ccc2OC1(C)C. The van der Waals surface area contributed by atoms with Crippen molar-refractivity contribution in [1.29, 1.82) is 0 Å². The summed E-state index contributed by atoms with van der Waals surface area (Å²) < 4.78 is 6.13. The maximum atomic E-state index is 12.6. The molecule has 0 bridgehead atoms. The number of rotatable bonds is 5. The molecule has 1 fully saturated rings. The highest BCUT2D eigenvalue weighted by Crippen LogP contribution is 2.44. The van der Waals surface area contributed by atoms with Gasteiger partial charge in [0.2, 0.25) is 5.91 Å². The van der Waals surface area contributed by atoms with Gasteiger partial charge in [-0.15, -0.1) is 0 Å². The number of non-ortho nitro benzene ring substituents is 1. The molecule has 0 aromatic heterocycles. The van der Waals surface area contributed by atoms with Crippen LogP contribution in [0.3, 0.4) is 0 Å². The predicted molar refractivity (Wildman–Crippen MR) is 107 cm³/mol. The van der Waals surface area contributed by atoms with Crippen molar-refractivity contribution in [3.05, 3.63) is 39.4 Å². The van der Waals surface area contributed by atoms with Crippen LogP contribution in [0.25, 0.3) is 5.70 Å². The van der Waals surface area contributed by atoms with Crippen LogP contribution in [0.5, 0.6) is 5.75 Å². The Labute approximate surface area is 169 Å². The van der Waals surface area contributed by atoms with Crippen molar-refractivity contribution in [2.24, 2.45) is 0 Å². The summed E-state index contributed by atoms with van der Waals surface area (Å²) in [5, 5.41) is 14.2. The average Bonchev–Trinajstić information content (AvgIpc) is 3.09. The molecule has 0 radical (unpaired) electrons. The monoisotopic (exact) mass is 402 g/mol. The van der Waals surface area contributed by atoms with Crippen LogP contribution in [0.15, 0.2) is 23.8 Å². The number of nitrogens with zero attached hydrogens (tertiary/aromatic N) is 3. The number of hydrogen-bond donors (Lipinski definition) is 1. The molecule has 0 saturated carbocycles. The first-order chi connectivity index (χ1) is 13.7. The van der Waals surface area contributed by atoms with E-state index in [1.807, 2.05) is 20.8 Å². The van der Waals surface area contributed by atoms with E-state index < -0.39 is 10.5 Å². The van der Waals surface area contributed by atoms with Crippen molar-refractivity contribution in [2.75, 3.05) is 26.7 Å². The fourth-order valence-corrected chi connectivity index (χ4v) is 3.62. The standard InChI is InChI=1S/C20H26N4O5/c1-5-22(4)19(26)21-12-15-18(23-10-6-7-17(23)25)14-11-13(24(27)28)8-9-16(14)29-20(15,2)3/h8-9,11H,5-7,10,12H2,1-4H3,(H,21,26). The van der Waals surface area contributed by atoms with Crippen LogP contribution in [0.1, 0.15) is 39.2 Å². The second-order valence-electron chi connectivity index (χ2n) is 7.70. The summed E-state index contributed by atoms with van der Waals surface area (Å²) in [5.41, 5.74) is 0.923. The number of nitro groups is 1. The van der Waals surface area contributed by atoms with Crippen molar-refractivity contribution in [3.8, 4) is 5.75 Å². The molecule has 1 saturated heterocycles. The van der Waals surface area contributed by atoms with Gasteiger partial charge in [0.25, 0.3) is 5.69 Å². The highest BCUT2D eigenvalue weighted by molar-refractivity contribution is 5.92. The Morgan fingerprint density at radius 2 is 2.14 bits per heavy atom. The minimum absolute atomic E-state index is 0.0374. The number of fused-ring (bicyclic) bond motifs is 1. The molecule has 1 aromatic carbocycles. The Morgan fingerprint density at radius 1 is 1.41 bits per heavy atom. The number of nitro benzene ring substituents is 1. The van der Waals surface area contributed by atoms with Crippen molar-refractivity contribution >= 4 is 23.3 Å². The molecular weight excluding hydrogens is 376 g/mol. The maximum absolute atomic E-state index is 12.6. The Hall–Kier alpha value is -3.10. The zero-order chi connectivity index (χ0) is 21.3. The molecule has 0 unspecified atom stereocenters. The minimum atomic E-state index is -0.806. The minimum Gasteiger partial charge on any atom is -0.483 e. The van der Waals surface area contributed by atoms with Crippen LogP contribution in [0, 0.1) is 10.1 Å². The third-order valence-electron chi connectivity index (χ3n) is 5.39. The van der Waals surface area contributed by atoms with E-state index in [4.69, 9.17) is 4.74 Å². The molecule has 0 spiro atoms. The molecule has 29 heavy (non-hydrogen) atoms. The lowest BCUT2D eigenvalue weighted by Gasteiger charge is -2.39. The van der Waals surface area contributed by atoms with E-state index in [9.17, 15) is 19.7 Å². The summed E-state index contributed by atoms with van der Waals surface area (Å²) in [6, 6.07) is 4.15. The fraction of sp³-hybridized carbons (Fsp3) is 0.500. The molecule has 156 valence electrons. The lowest BCUT2D eigenvalue weighted by atomic mass is 9.88. The number of carbonyl (C=O) groups excluding carboxylic acids is 2. The Kier molecular flexibility index (Phi) is 5.50. The van der Waals surface area contributed by atoms with E-state index in [-0.39, 0.29) is 24.2 Å². The smallest absolute Gasteiger partial charge is 0.317 e. The second kappa shape index (κ2) is 7.73. The van der Waals surface area contributed by atoms with Gasteiger partial charge in [-0.25, -0.2) is 4.79 Å². The molecule has 2 aliphatic heterocycles. The van der Waals surface area contributed by atoms with Gasteiger partial charge in [0, 0.05) is 56.4 Å². The number of benzene rings is 1. The second-order valence-corrected chi connectivity index (χ2v) is 7.70. The van der Waals surface area contributed by atoms with Crippen LogP contribution >= 0.6 is 0 Å². The largest absolute Gasteiger partial charge is 0.483 e. The molecule has 3 amide bonds. The van der Waals surface area contributed by atoms with Crippen LogP contribution < -0.4 is 10.1 Å². The van der Waals surface area contributed by atoms with Gasteiger partial charge in [0.1, 0.15) is 11.4 Å². The van der Waals surface area contributed by atoms with Gasteiger partial charge in [-0.1, -0.05) is 0 Å². The number of amides is 3. The van der Waals surface area contributed by atoms with Crippen molar-refractivity contribution in [3.63, 3.8) is 0 Å². The Morgan fingerprint density at radius 3 is 2.72 bits per heavy atom. The molecule has 2 heterocycles. The third kappa shape index (κ3) is 3.90. The average molecular weight is 402 g/mol. The lowest BCUT2D eigenvalue weighted by molar-refractivity contribution is -0.384. The Balaban J connectivity index is 2.13. The molecule has 2 aliphatic rings. The van der Waals surface area contributed by atoms with Crippen molar-refractivity contribution < 1.29 is 19.2 Å². The quantitative estimate of drug-likeness (QED) is 0.602. The Bertz CT molecular complexity index is 893. The lowest BCUT2D eigenvalue weighted by Crippen LogP contribution is -2.45. The van der Waals surface area contributed by atoms with Gasteiger partial charge in [0.15, 0.2) is 0 Å². The first-order valence-electron chi connectivity index (χ1n) is 9.66. The normalized spacial score (nSPS) is 17.7. The summed E-state index contributed by atoms with van der Waals surface area (Å²) in [6.07, 6.45) is 1.14.